The lowest BCUT2D eigenvalue weighted by Gasteiger charge is -2.43. The molecule has 3 aliphatic rings. The summed E-state index contributed by atoms with van der Waals surface area (Å²) in [5.74, 6) is -0.104. The number of nitrogens with zero attached hydrogens (tertiary/aromatic N) is 3. The van der Waals surface area contributed by atoms with Gasteiger partial charge in [0.1, 0.15) is 11.7 Å². The second-order valence-corrected chi connectivity index (χ2v) is 8.53. The Balaban J connectivity index is 1.58. The van der Waals surface area contributed by atoms with E-state index in [-0.39, 0.29) is 47.5 Å². The van der Waals surface area contributed by atoms with Crippen molar-refractivity contribution in [3.8, 4) is 0 Å². The largest absolute Gasteiger partial charge is 0.336 e. The summed E-state index contributed by atoms with van der Waals surface area (Å²) in [4.78, 5) is 41.3. The second-order valence-electron chi connectivity index (χ2n) is 8.53. The topological polar surface area (TPSA) is 74.7 Å². The van der Waals surface area contributed by atoms with Crippen molar-refractivity contribution in [2.45, 2.75) is 51.4 Å². The van der Waals surface area contributed by atoms with Crippen molar-refractivity contribution in [2.75, 3.05) is 26.2 Å². The van der Waals surface area contributed by atoms with Crippen LogP contribution in [0.1, 0.15) is 48.7 Å². The molecule has 0 saturated carbocycles. The number of carbonyl (C=O) groups excluding carboxylic acids is 2. The monoisotopic (exact) mass is 390 g/mol. The highest BCUT2D eigenvalue weighted by molar-refractivity contribution is 5.94. The third-order valence-electron chi connectivity index (χ3n) is 5.95. The number of nitrogens with one attached hydrogen (secondary N) is 1. The van der Waals surface area contributed by atoms with Gasteiger partial charge in [-0.1, -0.05) is 0 Å². The molecule has 7 nitrogen and oxygen atoms in total. The van der Waals surface area contributed by atoms with Crippen LogP contribution in [0.2, 0.25) is 0 Å². The Bertz CT molecular complexity index is 852. The fourth-order valence-electron chi connectivity index (χ4n) is 4.69. The standard InChI is InChI=1S/C20H27FN4O3/c1-12(2)22-20(28)24-8-13-7-14(10-24)17-4-3-16(19(27)25(17)9-13)18(26)23-6-5-15(21)11-23/h3-4,12-15H,5-11H2,1-2H3,(H,22,28)/t13-,14+,15-/m0/s1. The van der Waals surface area contributed by atoms with Crippen LogP contribution in [-0.4, -0.2) is 64.7 Å². The van der Waals surface area contributed by atoms with Crippen LogP contribution < -0.4 is 10.9 Å². The van der Waals surface area contributed by atoms with E-state index in [1.165, 1.54) is 4.90 Å². The lowest BCUT2D eigenvalue weighted by molar-refractivity contribution is 0.0779. The summed E-state index contributed by atoms with van der Waals surface area (Å²) < 4.78 is 15.1. The second kappa shape index (κ2) is 7.22. The van der Waals surface area contributed by atoms with E-state index in [2.05, 4.69) is 5.32 Å². The summed E-state index contributed by atoms with van der Waals surface area (Å²) in [5, 5.41) is 2.93. The van der Waals surface area contributed by atoms with Crippen molar-refractivity contribution >= 4 is 11.9 Å². The average Bonchev–Trinajstić information content (AvgIpc) is 3.08. The first-order chi connectivity index (χ1) is 13.3. The van der Waals surface area contributed by atoms with Gasteiger partial charge in [-0.3, -0.25) is 9.59 Å². The van der Waals surface area contributed by atoms with Crippen molar-refractivity contribution in [2.24, 2.45) is 5.92 Å². The summed E-state index contributed by atoms with van der Waals surface area (Å²) in [6.45, 7) is 5.95. The van der Waals surface area contributed by atoms with E-state index < -0.39 is 6.17 Å². The molecule has 0 aliphatic carbocycles. The number of urea groups is 1. The molecule has 2 bridgehead atoms. The van der Waals surface area contributed by atoms with E-state index in [0.29, 0.717) is 32.6 Å². The van der Waals surface area contributed by atoms with E-state index in [0.717, 1.165) is 12.1 Å². The van der Waals surface area contributed by atoms with Gasteiger partial charge in [0.15, 0.2) is 0 Å². The van der Waals surface area contributed by atoms with Crippen molar-refractivity contribution in [1.82, 2.24) is 19.7 Å². The SMILES string of the molecule is CC(C)NC(=O)N1C[C@@H]2C[C@H](C1)c1ccc(C(=O)N3CC[C@H](F)C3)c(=O)n1C2. The zero-order chi connectivity index (χ0) is 20.0. The maximum absolute atomic E-state index is 13.4. The van der Waals surface area contributed by atoms with Gasteiger partial charge >= 0.3 is 6.03 Å². The Morgan fingerprint density at radius 1 is 1.14 bits per heavy atom. The first-order valence-electron chi connectivity index (χ1n) is 10.1. The van der Waals surface area contributed by atoms with Gasteiger partial charge in [0, 0.05) is 43.8 Å². The van der Waals surface area contributed by atoms with E-state index in [9.17, 15) is 18.8 Å². The zero-order valence-corrected chi connectivity index (χ0v) is 16.4. The maximum atomic E-state index is 13.4. The van der Waals surface area contributed by atoms with Crippen LogP contribution in [0.15, 0.2) is 16.9 Å². The van der Waals surface area contributed by atoms with E-state index in [4.69, 9.17) is 0 Å². The lowest BCUT2D eigenvalue weighted by atomic mass is 9.83. The number of fused-ring (bicyclic) bond motifs is 4. The van der Waals surface area contributed by atoms with E-state index in [1.807, 2.05) is 24.8 Å². The predicted octanol–water partition coefficient (Wildman–Crippen LogP) is 1.57. The average molecular weight is 390 g/mol. The number of hydrogen-bond donors (Lipinski definition) is 1. The molecule has 3 atom stereocenters. The molecule has 1 aromatic rings. The molecule has 3 aliphatic heterocycles. The van der Waals surface area contributed by atoms with Gasteiger partial charge in [-0.2, -0.15) is 0 Å². The fraction of sp³-hybridized carbons (Fsp3) is 0.650. The number of halogens is 1. The van der Waals surface area contributed by atoms with Gasteiger partial charge in [0.05, 0.1) is 6.54 Å². The van der Waals surface area contributed by atoms with Crippen molar-refractivity contribution in [1.29, 1.82) is 0 Å². The first kappa shape index (κ1) is 19.0. The minimum atomic E-state index is -1.01. The molecular formula is C20H27FN4O3. The molecule has 0 unspecified atom stereocenters. The predicted molar refractivity (Wildman–Crippen MR) is 102 cm³/mol. The Labute approximate surface area is 163 Å². The number of pyridine rings is 1. The number of alkyl halides is 1. The van der Waals surface area contributed by atoms with E-state index in [1.54, 1.807) is 10.6 Å². The smallest absolute Gasteiger partial charge is 0.317 e. The van der Waals surface area contributed by atoms with Gasteiger partial charge in [-0.25, -0.2) is 9.18 Å². The van der Waals surface area contributed by atoms with Gasteiger partial charge in [-0.05, 0) is 44.7 Å². The molecule has 2 saturated heterocycles. The van der Waals surface area contributed by atoms with Crippen LogP contribution in [0, 0.1) is 5.92 Å². The number of aromatic nitrogens is 1. The number of amides is 3. The van der Waals surface area contributed by atoms with Crippen LogP contribution in [0.3, 0.4) is 0 Å². The van der Waals surface area contributed by atoms with Crippen molar-refractivity contribution in [3.05, 3.63) is 33.7 Å². The Morgan fingerprint density at radius 3 is 2.61 bits per heavy atom. The molecule has 0 radical (unpaired) electrons. The molecule has 3 amide bonds. The molecule has 1 N–H and O–H groups in total. The number of piperidine rings is 1. The molecule has 0 aromatic carbocycles. The third kappa shape index (κ3) is 3.40. The highest BCUT2D eigenvalue weighted by Gasteiger charge is 2.37. The van der Waals surface area contributed by atoms with Crippen LogP contribution in [0.25, 0.3) is 0 Å². The molecule has 1 aromatic heterocycles. The third-order valence-corrected chi connectivity index (χ3v) is 5.95. The normalized spacial score (nSPS) is 26.4. The van der Waals surface area contributed by atoms with Gasteiger partial charge in [0.2, 0.25) is 0 Å². The minimum Gasteiger partial charge on any atom is -0.336 e. The maximum Gasteiger partial charge on any atom is 0.317 e. The molecule has 2 fully saturated rings. The van der Waals surface area contributed by atoms with Gasteiger partial charge in [0.25, 0.3) is 11.5 Å². The van der Waals surface area contributed by atoms with Crippen molar-refractivity contribution < 1.29 is 14.0 Å². The number of likely N-dealkylation sites (tertiary alicyclic amines) is 2. The van der Waals surface area contributed by atoms with Crippen LogP contribution in [-0.2, 0) is 6.54 Å². The number of hydrogen-bond acceptors (Lipinski definition) is 3. The number of carbonyl (C=O) groups is 2. The van der Waals surface area contributed by atoms with Gasteiger partial charge < -0.3 is 19.7 Å². The highest BCUT2D eigenvalue weighted by atomic mass is 19.1. The first-order valence-corrected chi connectivity index (χ1v) is 10.1. The van der Waals surface area contributed by atoms with Crippen LogP contribution in [0.4, 0.5) is 9.18 Å². The van der Waals surface area contributed by atoms with Crippen LogP contribution in [0.5, 0.6) is 0 Å². The minimum absolute atomic E-state index is 0.0607. The highest BCUT2D eigenvalue weighted by Crippen LogP contribution is 2.35. The van der Waals surface area contributed by atoms with Gasteiger partial charge in [-0.15, -0.1) is 0 Å². The summed E-state index contributed by atoms with van der Waals surface area (Å²) in [6.07, 6.45) is 0.260. The lowest BCUT2D eigenvalue weighted by Crippen LogP contribution is -2.53. The van der Waals surface area contributed by atoms with Crippen molar-refractivity contribution in [3.63, 3.8) is 0 Å². The molecule has 28 heavy (non-hydrogen) atoms. The zero-order valence-electron chi connectivity index (χ0n) is 16.4. The fourth-order valence-corrected chi connectivity index (χ4v) is 4.69. The van der Waals surface area contributed by atoms with Crippen LogP contribution >= 0.6 is 0 Å². The molecule has 4 heterocycles. The molecular weight excluding hydrogens is 363 g/mol. The molecule has 152 valence electrons. The molecule has 8 heteroatoms. The quantitative estimate of drug-likeness (QED) is 0.833. The molecule has 4 rings (SSSR count). The summed E-state index contributed by atoms with van der Waals surface area (Å²) in [6, 6.07) is 3.42. The summed E-state index contributed by atoms with van der Waals surface area (Å²) >= 11 is 0. The Hall–Kier alpha value is -2.38. The summed E-state index contributed by atoms with van der Waals surface area (Å²) in [5.41, 5.74) is 0.705. The Kier molecular flexibility index (Phi) is 4.89. The summed E-state index contributed by atoms with van der Waals surface area (Å²) in [7, 11) is 0. The molecule has 0 spiro atoms. The van der Waals surface area contributed by atoms with E-state index >= 15 is 0 Å². The Morgan fingerprint density at radius 2 is 1.93 bits per heavy atom. The number of rotatable bonds is 2.